The molecule has 0 aromatic heterocycles. The van der Waals surface area contributed by atoms with Crippen molar-refractivity contribution < 1.29 is 56.5 Å². The van der Waals surface area contributed by atoms with Crippen LogP contribution in [0.25, 0.3) is 11.1 Å². The Morgan fingerprint density at radius 1 is 0.714 bits per heavy atom. The molecule has 0 aliphatic heterocycles. The molecule has 2 rings (SSSR count). The van der Waals surface area contributed by atoms with E-state index >= 15 is 0 Å². The topological polar surface area (TPSA) is 23.1 Å². The SMILES string of the molecule is [K+].[O-]c1cccc(-c2ccccc2)c1. The monoisotopic (exact) mass is 208 g/mol. The minimum Gasteiger partial charge on any atom is -0.872 e. The second-order valence-corrected chi connectivity index (χ2v) is 2.89. The van der Waals surface area contributed by atoms with Crippen LogP contribution in [-0.2, 0) is 0 Å². The first-order valence-corrected chi connectivity index (χ1v) is 4.19. The van der Waals surface area contributed by atoms with E-state index in [4.69, 9.17) is 0 Å². The summed E-state index contributed by atoms with van der Waals surface area (Å²) in [6, 6.07) is 16.8. The first kappa shape index (κ1) is 11.9. The van der Waals surface area contributed by atoms with Crippen LogP contribution in [0.2, 0.25) is 0 Å². The van der Waals surface area contributed by atoms with Gasteiger partial charge in [-0.2, -0.15) is 0 Å². The Balaban J connectivity index is 0.000000980. The first-order chi connectivity index (χ1) is 6.36. The fourth-order valence-electron chi connectivity index (χ4n) is 1.31. The summed E-state index contributed by atoms with van der Waals surface area (Å²) >= 11 is 0. The number of hydrogen-bond acceptors (Lipinski definition) is 1. The minimum atomic E-state index is 0. The maximum absolute atomic E-state index is 11.1. The molecule has 0 N–H and O–H groups in total. The molecule has 0 heterocycles. The Morgan fingerprint density at radius 2 is 1.36 bits per heavy atom. The summed E-state index contributed by atoms with van der Waals surface area (Å²) < 4.78 is 0. The van der Waals surface area contributed by atoms with Gasteiger partial charge in [-0.15, -0.1) is 5.75 Å². The third kappa shape index (κ3) is 2.94. The first-order valence-electron chi connectivity index (χ1n) is 4.19. The molecule has 0 spiro atoms. The van der Waals surface area contributed by atoms with Gasteiger partial charge in [0.15, 0.2) is 0 Å². The molecule has 0 fully saturated rings. The average molecular weight is 208 g/mol. The van der Waals surface area contributed by atoms with E-state index in [1.165, 1.54) is 0 Å². The number of rotatable bonds is 1. The minimum absolute atomic E-state index is 0. The number of benzene rings is 2. The Bertz CT molecular complexity index is 398. The molecular weight excluding hydrogens is 199 g/mol. The van der Waals surface area contributed by atoms with E-state index < -0.39 is 0 Å². The van der Waals surface area contributed by atoms with Crippen molar-refractivity contribution in [3.63, 3.8) is 0 Å². The summed E-state index contributed by atoms with van der Waals surface area (Å²) in [6.45, 7) is 0. The molecule has 0 unspecified atom stereocenters. The van der Waals surface area contributed by atoms with Crippen LogP contribution in [-0.4, -0.2) is 0 Å². The molecule has 1 nitrogen and oxygen atoms in total. The van der Waals surface area contributed by atoms with E-state index in [0.717, 1.165) is 11.1 Å². The zero-order valence-corrected chi connectivity index (χ0v) is 11.2. The van der Waals surface area contributed by atoms with Gasteiger partial charge in [0.05, 0.1) is 0 Å². The van der Waals surface area contributed by atoms with Gasteiger partial charge in [-0.25, -0.2) is 0 Å². The van der Waals surface area contributed by atoms with Gasteiger partial charge < -0.3 is 5.11 Å². The predicted molar refractivity (Wildman–Crippen MR) is 51.3 cm³/mol. The molecule has 0 aliphatic rings. The zero-order chi connectivity index (χ0) is 9.10. The van der Waals surface area contributed by atoms with E-state index in [1.54, 1.807) is 18.2 Å². The van der Waals surface area contributed by atoms with Gasteiger partial charge in [0, 0.05) is 0 Å². The number of hydrogen-bond donors (Lipinski definition) is 0. The second kappa shape index (κ2) is 5.68. The van der Waals surface area contributed by atoms with Crippen molar-refractivity contribution in [2.45, 2.75) is 0 Å². The standard InChI is InChI=1S/C12H10O.K/c13-12-8-4-7-11(9-12)10-5-2-1-3-6-10;/h1-9,13H;/q;+1/p-1. The van der Waals surface area contributed by atoms with Crippen LogP contribution in [0.4, 0.5) is 0 Å². The molecule has 64 valence electrons. The van der Waals surface area contributed by atoms with Gasteiger partial charge in [0.2, 0.25) is 0 Å². The summed E-state index contributed by atoms with van der Waals surface area (Å²) in [7, 11) is 0. The fraction of sp³-hybridized carbons (Fsp3) is 0. The molecule has 2 heteroatoms. The van der Waals surface area contributed by atoms with E-state index in [2.05, 4.69) is 0 Å². The summed E-state index contributed by atoms with van der Waals surface area (Å²) in [5, 5.41) is 11.1. The molecule has 2 aromatic carbocycles. The van der Waals surface area contributed by atoms with Crippen LogP contribution in [0.15, 0.2) is 54.6 Å². The maximum atomic E-state index is 11.1. The molecule has 2 aromatic rings. The molecule has 0 saturated carbocycles. The van der Waals surface area contributed by atoms with Crippen LogP contribution >= 0.6 is 0 Å². The van der Waals surface area contributed by atoms with E-state index in [0.29, 0.717) is 0 Å². The van der Waals surface area contributed by atoms with Gasteiger partial charge in [-0.3, -0.25) is 0 Å². The van der Waals surface area contributed by atoms with Crippen molar-refractivity contribution in [3.05, 3.63) is 54.6 Å². The Kier molecular flexibility index (Phi) is 4.85. The van der Waals surface area contributed by atoms with E-state index in [-0.39, 0.29) is 57.1 Å². The van der Waals surface area contributed by atoms with Crippen molar-refractivity contribution in [1.82, 2.24) is 0 Å². The van der Waals surface area contributed by atoms with Gasteiger partial charge in [0.1, 0.15) is 0 Å². The van der Waals surface area contributed by atoms with Crippen LogP contribution in [0.3, 0.4) is 0 Å². The average Bonchev–Trinajstić information content (AvgIpc) is 2.19. The summed E-state index contributed by atoms with van der Waals surface area (Å²) in [5.74, 6) is 0.0568. The van der Waals surface area contributed by atoms with Crippen molar-refractivity contribution >= 4 is 0 Å². The van der Waals surface area contributed by atoms with Gasteiger partial charge in [-0.05, 0) is 11.1 Å². The molecule has 0 amide bonds. The normalized spacial score (nSPS) is 9.14. The molecule has 0 radical (unpaired) electrons. The maximum Gasteiger partial charge on any atom is 1.00 e. The third-order valence-corrected chi connectivity index (χ3v) is 1.94. The van der Waals surface area contributed by atoms with Crippen molar-refractivity contribution in [1.29, 1.82) is 0 Å². The Labute approximate surface area is 126 Å². The summed E-state index contributed by atoms with van der Waals surface area (Å²) in [5.41, 5.74) is 2.06. The molecule has 0 atom stereocenters. The molecule has 14 heavy (non-hydrogen) atoms. The van der Waals surface area contributed by atoms with Gasteiger partial charge >= 0.3 is 51.4 Å². The Morgan fingerprint density at radius 3 is 2.00 bits per heavy atom. The van der Waals surface area contributed by atoms with E-state index in [1.807, 2.05) is 36.4 Å². The van der Waals surface area contributed by atoms with Crippen molar-refractivity contribution in [3.8, 4) is 16.9 Å². The van der Waals surface area contributed by atoms with Gasteiger partial charge in [-0.1, -0.05) is 54.6 Å². The van der Waals surface area contributed by atoms with Crippen molar-refractivity contribution in [2.75, 3.05) is 0 Å². The quantitative estimate of drug-likeness (QED) is 0.576. The van der Waals surface area contributed by atoms with Crippen molar-refractivity contribution in [2.24, 2.45) is 0 Å². The van der Waals surface area contributed by atoms with E-state index in [9.17, 15) is 5.11 Å². The smallest absolute Gasteiger partial charge is 0.872 e. The largest absolute Gasteiger partial charge is 1.00 e. The fourth-order valence-corrected chi connectivity index (χ4v) is 1.31. The van der Waals surface area contributed by atoms with Crippen LogP contribution in [0.5, 0.6) is 5.75 Å². The molecule has 0 bridgehead atoms. The van der Waals surface area contributed by atoms with Crippen LogP contribution < -0.4 is 56.5 Å². The zero-order valence-electron chi connectivity index (χ0n) is 8.10. The molecule has 0 saturated heterocycles. The molecular formula is C12H9KO. The third-order valence-electron chi connectivity index (χ3n) is 1.94. The Hall–Kier alpha value is -0.124. The predicted octanol–water partition coefficient (Wildman–Crippen LogP) is -0.569. The summed E-state index contributed by atoms with van der Waals surface area (Å²) in [6.07, 6.45) is 0. The van der Waals surface area contributed by atoms with Crippen LogP contribution in [0.1, 0.15) is 0 Å². The second-order valence-electron chi connectivity index (χ2n) is 2.89. The summed E-state index contributed by atoms with van der Waals surface area (Å²) in [4.78, 5) is 0. The molecule has 0 aliphatic carbocycles. The van der Waals surface area contributed by atoms with Crippen LogP contribution in [0, 0.1) is 0 Å². The van der Waals surface area contributed by atoms with Gasteiger partial charge in [0.25, 0.3) is 0 Å².